The van der Waals surface area contributed by atoms with Crippen molar-refractivity contribution in [3.05, 3.63) is 0 Å². The summed E-state index contributed by atoms with van der Waals surface area (Å²) in [6.45, 7) is 11.3. The molecule has 0 aromatic rings. The molecule has 0 radical (unpaired) electrons. The molecule has 19 heavy (non-hydrogen) atoms. The van der Waals surface area contributed by atoms with Crippen molar-refractivity contribution in [2.45, 2.75) is 52.5 Å². The van der Waals surface area contributed by atoms with E-state index in [1.165, 1.54) is 12.8 Å². The minimum absolute atomic E-state index is 0.135. The molecular formula is C15H31N3O. The number of rotatable bonds is 11. The molecular weight excluding hydrogens is 238 g/mol. The fourth-order valence-corrected chi connectivity index (χ4v) is 2.27. The SMILES string of the molecule is CCN(CC)CCCC(C)NC(=O)CNCC1CC1. The summed E-state index contributed by atoms with van der Waals surface area (Å²) in [4.78, 5) is 14.1. The summed E-state index contributed by atoms with van der Waals surface area (Å²) in [5.41, 5.74) is 0. The van der Waals surface area contributed by atoms with Gasteiger partial charge in [0.1, 0.15) is 0 Å². The van der Waals surface area contributed by atoms with E-state index < -0.39 is 0 Å². The Kier molecular flexibility index (Phi) is 8.07. The first-order valence-electron chi connectivity index (χ1n) is 7.88. The number of carbonyl (C=O) groups excluding carboxylic acids is 1. The zero-order chi connectivity index (χ0) is 14.1. The number of carbonyl (C=O) groups is 1. The maximum absolute atomic E-state index is 11.7. The highest BCUT2D eigenvalue weighted by Crippen LogP contribution is 2.27. The van der Waals surface area contributed by atoms with Crippen LogP contribution in [-0.4, -0.2) is 49.6 Å². The molecule has 1 aliphatic rings. The molecule has 0 aromatic heterocycles. The quantitative estimate of drug-likeness (QED) is 0.599. The van der Waals surface area contributed by atoms with Gasteiger partial charge in [0.05, 0.1) is 6.54 Å². The fourth-order valence-electron chi connectivity index (χ4n) is 2.27. The van der Waals surface area contributed by atoms with Crippen LogP contribution < -0.4 is 10.6 Å². The van der Waals surface area contributed by atoms with Gasteiger partial charge in [0, 0.05) is 6.04 Å². The topological polar surface area (TPSA) is 44.4 Å². The third-order valence-corrected chi connectivity index (χ3v) is 3.83. The summed E-state index contributed by atoms with van der Waals surface area (Å²) < 4.78 is 0. The number of hydrogen-bond acceptors (Lipinski definition) is 3. The molecule has 0 spiro atoms. The summed E-state index contributed by atoms with van der Waals surface area (Å²) in [6.07, 6.45) is 4.87. The van der Waals surface area contributed by atoms with E-state index >= 15 is 0 Å². The number of amides is 1. The third-order valence-electron chi connectivity index (χ3n) is 3.83. The Balaban J connectivity index is 1.98. The predicted molar refractivity (Wildman–Crippen MR) is 80.2 cm³/mol. The maximum Gasteiger partial charge on any atom is 0.234 e. The van der Waals surface area contributed by atoms with Crippen molar-refractivity contribution in [2.24, 2.45) is 5.92 Å². The summed E-state index contributed by atoms with van der Waals surface area (Å²) >= 11 is 0. The lowest BCUT2D eigenvalue weighted by Crippen LogP contribution is -2.39. The number of nitrogens with zero attached hydrogens (tertiary/aromatic N) is 1. The molecule has 1 atom stereocenters. The summed E-state index contributed by atoms with van der Waals surface area (Å²) in [5, 5.41) is 6.29. The van der Waals surface area contributed by atoms with Gasteiger partial charge in [0.15, 0.2) is 0 Å². The second-order valence-corrected chi connectivity index (χ2v) is 5.71. The van der Waals surface area contributed by atoms with Crippen LogP contribution in [0.5, 0.6) is 0 Å². The van der Waals surface area contributed by atoms with E-state index in [4.69, 9.17) is 0 Å². The van der Waals surface area contributed by atoms with Gasteiger partial charge in [-0.2, -0.15) is 0 Å². The van der Waals surface area contributed by atoms with Crippen LogP contribution >= 0.6 is 0 Å². The minimum Gasteiger partial charge on any atom is -0.353 e. The Labute approximate surface area is 118 Å². The van der Waals surface area contributed by atoms with E-state index in [2.05, 4.69) is 36.3 Å². The van der Waals surface area contributed by atoms with Crippen LogP contribution in [-0.2, 0) is 4.79 Å². The van der Waals surface area contributed by atoms with Gasteiger partial charge in [0.25, 0.3) is 0 Å². The molecule has 4 heteroatoms. The minimum atomic E-state index is 0.135. The molecule has 1 amide bonds. The van der Waals surface area contributed by atoms with Crippen molar-refractivity contribution in [2.75, 3.05) is 32.7 Å². The standard InChI is InChI=1S/C15H31N3O/c1-4-18(5-2)10-6-7-13(3)17-15(19)12-16-11-14-8-9-14/h13-14,16H,4-12H2,1-3H3,(H,17,19). The highest BCUT2D eigenvalue weighted by atomic mass is 16.1. The molecule has 1 fully saturated rings. The first-order valence-corrected chi connectivity index (χ1v) is 7.88. The van der Waals surface area contributed by atoms with E-state index in [-0.39, 0.29) is 11.9 Å². The van der Waals surface area contributed by atoms with Crippen molar-refractivity contribution < 1.29 is 4.79 Å². The Bertz CT molecular complexity index is 250. The van der Waals surface area contributed by atoms with Crippen LogP contribution in [0.15, 0.2) is 0 Å². The molecule has 2 N–H and O–H groups in total. The smallest absolute Gasteiger partial charge is 0.234 e. The first-order chi connectivity index (χ1) is 9.15. The highest BCUT2D eigenvalue weighted by Gasteiger charge is 2.20. The summed E-state index contributed by atoms with van der Waals surface area (Å²) in [7, 11) is 0. The molecule has 0 bridgehead atoms. The van der Waals surface area contributed by atoms with E-state index in [0.717, 1.165) is 44.9 Å². The maximum atomic E-state index is 11.7. The normalized spacial score (nSPS) is 16.6. The molecule has 0 aromatic carbocycles. The Morgan fingerprint density at radius 1 is 1.32 bits per heavy atom. The average molecular weight is 269 g/mol. The Morgan fingerprint density at radius 2 is 2.00 bits per heavy atom. The Hall–Kier alpha value is -0.610. The van der Waals surface area contributed by atoms with Crippen molar-refractivity contribution >= 4 is 5.91 Å². The summed E-state index contributed by atoms with van der Waals surface area (Å²) in [6, 6.07) is 0.283. The third kappa shape index (κ3) is 8.22. The van der Waals surface area contributed by atoms with Crippen LogP contribution in [0.2, 0.25) is 0 Å². The lowest BCUT2D eigenvalue weighted by atomic mass is 10.1. The van der Waals surface area contributed by atoms with Gasteiger partial charge in [-0.25, -0.2) is 0 Å². The van der Waals surface area contributed by atoms with Crippen LogP contribution in [0.1, 0.15) is 46.5 Å². The van der Waals surface area contributed by atoms with Gasteiger partial charge in [-0.05, 0) is 64.7 Å². The van der Waals surface area contributed by atoms with Crippen LogP contribution in [0.3, 0.4) is 0 Å². The van der Waals surface area contributed by atoms with Crippen molar-refractivity contribution in [1.82, 2.24) is 15.5 Å². The molecule has 1 unspecified atom stereocenters. The molecule has 112 valence electrons. The zero-order valence-corrected chi connectivity index (χ0v) is 12.9. The lowest BCUT2D eigenvalue weighted by molar-refractivity contribution is -0.120. The predicted octanol–water partition coefficient (Wildman–Crippen LogP) is 1.61. The zero-order valence-electron chi connectivity index (χ0n) is 12.9. The largest absolute Gasteiger partial charge is 0.353 e. The Morgan fingerprint density at radius 3 is 2.58 bits per heavy atom. The molecule has 1 saturated carbocycles. The molecule has 4 nitrogen and oxygen atoms in total. The molecule has 0 heterocycles. The number of nitrogens with one attached hydrogen (secondary N) is 2. The van der Waals surface area contributed by atoms with Gasteiger partial charge < -0.3 is 15.5 Å². The van der Waals surface area contributed by atoms with E-state index in [1.807, 2.05) is 0 Å². The molecule has 0 aliphatic heterocycles. The van der Waals surface area contributed by atoms with Gasteiger partial charge in [-0.15, -0.1) is 0 Å². The van der Waals surface area contributed by atoms with Crippen molar-refractivity contribution in [3.63, 3.8) is 0 Å². The van der Waals surface area contributed by atoms with Crippen LogP contribution in [0, 0.1) is 5.92 Å². The van der Waals surface area contributed by atoms with Crippen molar-refractivity contribution in [3.8, 4) is 0 Å². The monoisotopic (exact) mass is 269 g/mol. The van der Waals surface area contributed by atoms with E-state index in [0.29, 0.717) is 6.54 Å². The first kappa shape index (κ1) is 16.4. The highest BCUT2D eigenvalue weighted by molar-refractivity contribution is 5.78. The molecule has 1 rings (SSSR count). The second kappa shape index (κ2) is 9.32. The lowest BCUT2D eigenvalue weighted by Gasteiger charge is -2.19. The van der Waals surface area contributed by atoms with Gasteiger partial charge in [-0.3, -0.25) is 4.79 Å². The molecule has 0 saturated heterocycles. The number of hydrogen-bond donors (Lipinski definition) is 2. The fraction of sp³-hybridized carbons (Fsp3) is 0.933. The van der Waals surface area contributed by atoms with Crippen LogP contribution in [0.4, 0.5) is 0 Å². The van der Waals surface area contributed by atoms with Crippen LogP contribution in [0.25, 0.3) is 0 Å². The molecule has 1 aliphatic carbocycles. The van der Waals surface area contributed by atoms with Gasteiger partial charge >= 0.3 is 0 Å². The average Bonchev–Trinajstić information content (AvgIpc) is 3.18. The van der Waals surface area contributed by atoms with Gasteiger partial charge in [-0.1, -0.05) is 13.8 Å². The van der Waals surface area contributed by atoms with Crippen molar-refractivity contribution in [1.29, 1.82) is 0 Å². The second-order valence-electron chi connectivity index (χ2n) is 5.71. The van der Waals surface area contributed by atoms with Gasteiger partial charge in [0.2, 0.25) is 5.91 Å². The van der Waals surface area contributed by atoms with E-state index in [9.17, 15) is 4.79 Å². The summed E-state index contributed by atoms with van der Waals surface area (Å²) in [5.74, 6) is 0.968. The van der Waals surface area contributed by atoms with E-state index in [1.54, 1.807) is 0 Å².